The van der Waals surface area contributed by atoms with E-state index < -0.39 is 10.0 Å². The highest BCUT2D eigenvalue weighted by molar-refractivity contribution is 7.89. The Labute approximate surface area is 91.3 Å². The standard InChI is InChI=1S/C7H7ClN4O2S/c1-4-2-7(15(10,13)14)6(11-12-9)3-5(4)8/h2-3H,1H3,(H2,10,13,14). The molecule has 1 aromatic rings. The number of azide groups is 1. The number of benzene rings is 1. The molecule has 0 fully saturated rings. The van der Waals surface area contributed by atoms with E-state index in [1.807, 2.05) is 0 Å². The van der Waals surface area contributed by atoms with Gasteiger partial charge in [-0.1, -0.05) is 16.7 Å². The van der Waals surface area contributed by atoms with E-state index in [-0.39, 0.29) is 10.6 Å². The summed E-state index contributed by atoms with van der Waals surface area (Å²) < 4.78 is 22.3. The minimum absolute atomic E-state index is 0.101. The van der Waals surface area contributed by atoms with Crippen molar-refractivity contribution < 1.29 is 8.42 Å². The number of aryl methyl sites for hydroxylation is 1. The predicted octanol–water partition coefficient (Wildman–Crippen LogP) is 2.24. The van der Waals surface area contributed by atoms with Crippen molar-refractivity contribution in [1.29, 1.82) is 0 Å². The van der Waals surface area contributed by atoms with E-state index in [0.29, 0.717) is 10.6 Å². The molecule has 0 atom stereocenters. The largest absolute Gasteiger partial charge is 0.238 e. The molecule has 0 aliphatic carbocycles. The Hall–Kier alpha value is -1.27. The minimum Gasteiger partial charge on any atom is -0.225 e. The van der Waals surface area contributed by atoms with Crippen LogP contribution in [0, 0.1) is 6.92 Å². The Morgan fingerprint density at radius 2 is 2.13 bits per heavy atom. The van der Waals surface area contributed by atoms with Crippen LogP contribution in [0.1, 0.15) is 5.56 Å². The fourth-order valence-electron chi connectivity index (χ4n) is 0.999. The molecule has 0 amide bonds. The molecule has 0 radical (unpaired) electrons. The first kappa shape index (κ1) is 11.8. The van der Waals surface area contributed by atoms with E-state index in [9.17, 15) is 8.42 Å². The summed E-state index contributed by atoms with van der Waals surface area (Å²) in [5, 5.41) is 8.47. The van der Waals surface area contributed by atoms with Gasteiger partial charge in [0.25, 0.3) is 0 Å². The average molecular weight is 247 g/mol. The van der Waals surface area contributed by atoms with Gasteiger partial charge in [-0.25, -0.2) is 13.6 Å². The lowest BCUT2D eigenvalue weighted by Gasteiger charge is -2.05. The molecule has 0 aliphatic heterocycles. The molecule has 0 bridgehead atoms. The monoisotopic (exact) mass is 246 g/mol. The molecular formula is C7H7ClN4O2S. The summed E-state index contributed by atoms with van der Waals surface area (Å²) in [5.41, 5.74) is 8.69. The van der Waals surface area contributed by atoms with Crippen molar-refractivity contribution >= 4 is 27.3 Å². The van der Waals surface area contributed by atoms with E-state index in [0.717, 1.165) is 0 Å². The Kier molecular flexibility index (Phi) is 3.21. The lowest BCUT2D eigenvalue weighted by atomic mass is 10.2. The first-order valence-corrected chi connectivity index (χ1v) is 5.66. The van der Waals surface area contributed by atoms with Crippen LogP contribution in [0.4, 0.5) is 5.69 Å². The summed E-state index contributed by atoms with van der Waals surface area (Å²) in [6.07, 6.45) is 0. The number of sulfonamides is 1. The zero-order valence-electron chi connectivity index (χ0n) is 7.68. The normalized spacial score (nSPS) is 10.9. The van der Waals surface area contributed by atoms with Crippen LogP contribution in [0.2, 0.25) is 5.02 Å². The van der Waals surface area contributed by atoms with E-state index in [4.69, 9.17) is 22.3 Å². The van der Waals surface area contributed by atoms with Gasteiger partial charge in [-0.15, -0.1) is 0 Å². The molecule has 80 valence electrons. The molecule has 15 heavy (non-hydrogen) atoms. The number of nitrogens with zero attached hydrogens (tertiary/aromatic N) is 3. The Morgan fingerprint density at radius 1 is 1.53 bits per heavy atom. The van der Waals surface area contributed by atoms with Gasteiger partial charge < -0.3 is 0 Å². The van der Waals surface area contributed by atoms with Crippen LogP contribution < -0.4 is 5.14 Å². The lowest BCUT2D eigenvalue weighted by molar-refractivity contribution is 0.598. The van der Waals surface area contributed by atoms with Gasteiger partial charge >= 0.3 is 0 Å². The third kappa shape index (κ3) is 2.60. The summed E-state index contributed by atoms with van der Waals surface area (Å²) in [4.78, 5) is 2.26. The molecule has 1 aromatic carbocycles. The second kappa shape index (κ2) is 4.08. The van der Waals surface area contributed by atoms with Crippen molar-refractivity contribution in [2.75, 3.05) is 0 Å². The molecule has 0 saturated heterocycles. The van der Waals surface area contributed by atoms with E-state index >= 15 is 0 Å². The zero-order chi connectivity index (χ0) is 11.6. The van der Waals surface area contributed by atoms with Gasteiger partial charge in [0, 0.05) is 9.93 Å². The van der Waals surface area contributed by atoms with Crippen LogP contribution in [-0.4, -0.2) is 8.42 Å². The van der Waals surface area contributed by atoms with Crippen LogP contribution in [0.5, 0.6) is 0 Å². The molecule has 0 spiro atoms. The maximum atomic E-state index is 11.1. The van der Waals surface area contributed by atoms with Gasteiger partial charge in [-0.05, 0) is 30.2 Å². The molecule has 8 heteroatoms. The molecule has 0 aromatic heterocycles. The zero-order valence-corrected chi connectivity index (χ0v) is 9.25. The number of hydrogen-bond acceptors (Lipinski definition) is 3. The van der Waals surface area contributed by atoms with Gasteiger partial charge in [-0.2, -0.15) is 0 Å². The highest BCUT2D eigenvalue weighted by Gasteiger charge is 2.14. The number of nitrogens with two attached hydrogens (primary N) is 1. The van der Waals surface area contributed by atoms with Crippen molar-refractivity contribution in [3.8, 4) is 0 Å². The van der Waals surface area contributed by atoms with Crippen LogP contribution >= 0.6 is 11.6 Å². The maximum absolute atomic E-state index is 11.1. The molecule has 0 aliphatic rings. The fourth-order valence-corrected chi connectivity index (χ4v) is 1.89. The molecule has 6 nitrogen and oxygen atoms in total. The fraction of sp³-hybridized carbons (Fsp3) is 0.143. The molecular weight excluding hydrogens is 240 g/mol. The van der Waals surface area contributed by atoms with Crippen LogP contribution in [0.15, 0.2) is 22.1 Å². The van der Waals surface area contributed by atoms with Crippen LogP contribution in [0.3, 0.4) is 0 Å². The predicted molar refractivity (Wildman–Crippen MR) is 56.4 cm³/mol. The Bertz CT molecular complexity index is 548. The molecule has 0 unspecified atom stereocenters. The quantitative estimate of drug-likeness (QED) is 0.490. The highest BCUT2D eigenvalue weighted by Crippen LogP contribution is 2.29. The summed E-state index contributed by atoms with van der Waals surface area (Å²) >= 11 is 5.75. The third-order valence-electron chi connectivity index (χ3n) is 1.70. The van der Waals surface area contributed by atoms with Gasteiger partial charge in [-0.3, -0.25) is 0 Å². The maximum Gasteiger partial charge on any atom is 0.238 e. The van der Waals surface area contributed by atoms with Crippen molar-refractivity contribution in [3.05, 3.63) is 33.2 Å². The second-order valence-corrected chi connectivity index (χ2v) is 4.74. The Morgan fingerprint density at radius 3 is 2.60 bits per heavy atom. The average Bonchev–Trinajstić information content (AvgIpc) is 2.09. The molecule has 0 saturated carbocycles. The van der Waals surface area contributed by atoms with Gasteiger partial charge in [0.1, 0.15) is 0 Å². The van der Waals surface area contributed by atoms with Crippen molar-refractivity contribution in [2.24, 2.45) is 10.3 Å². The minimum atomic E-state index is -3.92. The number of hydrogen-bond donors (Lipinski definition) is 1. The third-order valence-corrected chi connectivity index (χ3v) is 3.05. The van der Waals surface area contributed by atoms with Crippen LogP contribution in [0.25, 0.3) is 10.4 Å². The summed E-state index contributed by atoms with van der Waals surface area (Å²) in [7, 11) is -3.92. The SMILES string of the molecule is Cc1cc(S(N)(=O)=O)c(N=[N+]=[N-])cc1Cl. The van der Waals surface area contributed by atoms with Gasteiger partial charge in [0.05, 0.1) is 10.6 Å². The van der Waals surface area contributed by atoms with E-state index in [1.165, 1.54) is 12.1 Å². The smallest absolute Gasteiger partial charge is 0.225 e. The Balaban J connectivity index is 3.63. The molecule has 2 N–H and O–H groups in total. The first-order valence-electron chi connectivity index (χ1n) is 3.74. The summed E-state index contributed by atoms with van der Waals surface area (Å²) in [6.45, 7) is 1.62. The van der Waals surface area contributed by atoms with E-state index in [2.05, 4.69) is 10.0 Å². The number of rotatable bonds is 2. The van der Waals surface area contributed by atoms with Crippen molar-refractivity contribution in [3.63, 3.8) is 0 Å². The summed E-state index contributed by atoms with van der Waals surface area (Å²) in [6, 6.07) is 2.53. The lowest BCUT2D eigenvalue weighted by Crippen LogP contribution is -2.12. The van der Waals surface area contributed by atoms with E-state index in [1.54, 1.807) is 6.92 Å². The number of primary sulfonamides is 1. The van der Waals surface area contributed by atoms with Gasteiger partial charge in [0.15, 0.2) is 0 Å². The molecule has 0 heterocycles. The first-order chi connectivity index (χ1) is 6.86. The number of halogens is 1. The van der Waals surface area contributed by atoms with Crippen molar-refractivity contribution in [2.45, 2.75) is 11.8 Å². The summed E-state index contributed by atoms with van der Waals surface area (Å²) in [5.74, 6) is 0. The van der Waals surface area contributed by atoms with Crippen LogP contribution in [-0.2, 0) is 10.0 Å². The van der Waals surface area contributed by atoms with Gasteiger partial charge in [0.2, 0.25) is 10.0 Å². The topological polar surface area (TPSA) is 109 Å². The highest BCUT2D eigenvalue weighted by atomic mass is 35.5. The van der Waals surface area contributed by atoms with Crippen molar-refractivity contribution in [1.82, 2.24) is 0 Å². The molecule has 1 rings (SSSR count). The second-order valence-electron chi connectivity index (χ2n) is 2.80.